The zero-order chi connectivity index (χ0) is 15.5. The number of hydrogen-bond acceptors (Lipinski definition) is 4. The van der Waals surface area contributed by atoms with Gasteiger partial charge < -0.3 is 16.2 Å². The maximum Gasteiger partial charge on any atom is 0.138 e. The van der Waals surface area contributed by atoms with Crippen molar-refractivity contribution in [3.05, 3.63) is 39.9 Å². The van der Waals surface area contributed by atoms with E-state index >= 15 is 0 Å². The van der Waals surface area contributed by atoms with Crippen molar-refractivity contribution >= 4 is 27.5 Å². The molecule has 0 amide bonds. The smallest absolute Gasteiger partial charge is 0.138 e. The van der Waals surface area contributed by atoms with Gasteiger partial charge in [0.2, 0.25) is 0 Å². The van der Waals surface area contributed by atoms with Crippen LogP contribution in [0.3, 0.4) is 0 Å². The van der Waals surface area contributed by atoms with Crippen molar-refractivity contribution in [1.29, 1.82) is 5.26 Å². The minimum atomic E-state index is 0.0115. The summed E-state index contributed by atoms with van der Waals surface area (Å²) in [6.45, 7) is 3.92. The van der Waals surface area contributed by atoms with Crippen LogP contribution in [0.1, 0.15) is 12.5 Å². The SMILES string of the molecule is CC1(CN=C(N)/C(C#N)=C(\N)c2ccc(Br)cc2)COC1. The van der Waals surface area contributed by atoms with Gasteiger partial charge in [-0.05, 0) is 17.7 Å². The highest BCUT2D eigenvalue weighted by molar-refractivity contribution is 9.10. The lowest BCUT2D eigenvalue weighted by Gasteiger charge is -2.36. The number of hydrogen-bond donors (Lipinski definition) is 2. The molecular weight excluding hydrogens is 332 g/mol. The minimum absolute atomic E-state index is 0.0115. The molecule has 0 saturated carbocycles. The van der Waals surface area contributed by atoms with E-state index in [0.717, 1.165) is 10.0 Å². The molecule has 1 aromatic rings. The summed E-state index contributed by atoms with van der Waals surface area (Å²) in [4.78, 5) is 4.30. The summed E-state index contributed by atoms with van der Waals surface area (Å²) in [5, 5.41) is 9.30. The van der Waals surface area contributed by atoms with Crippen molar-refractivity contribution in [3.63, 3.8) is 0 Å². The van der Waals surface area contributed by atoms with Crippen LogP contribution in [0, 0.1) is 16.7 Å². The number of nitrogens with zero attached hydrogens (tertiary/aromatic N) is 2. The van der Waals surface area contributed by atoms with Crippen LogP contribution in [-0.2, 0) is 4.74 Å². The molecule has 0 unspecified atom stereocenters. The molecule has 1 aromatic carbocycles. The third-order valence-corrected chi connectivity index (χ3v) is 3.85. The standard InChI is InChI=1S/C15H17BrN4O/c1-15(8-21-9-15)7-20-14(19)12(6-17)13(18)10-2-4-11(16)5-3-10/h2-5H,7-9,18H2,1H3,(H2,19,20)/b13-12-. The summed E-state index contributed by atoms with van der Waals surface area (Å²) in [7, 11) is 0. The Bertz CT molecular complexity index is 624. The van der Waals surface area contributed by atoms with Crippen LogP contribution < -0.4 is 11.5 Å². The number of halogens is 1. The molecule has 2 rings (SSSR count). The van der Waals surface area contributed by atoms with Crippen LogP contribution in [0.5, 0.6) is 0 Å². The van der Waals surface area contributed by atoms with E-state index in [1.165, 1.54) is 0 Å². The number of benzene rings is 1. The Hall–Kier alpha value is -1.84. The van der Waals surface area contributed by atoms with Gasteiger partial charge in [-0.2, -0.15) is 5.26 Å². The van der Waals surface area contributed by atoms with Gasteiger partial charge in [0.15, 0.2) is 0 Å². The summed E-state index contributed by atoms with van der Waals surface area (Å²) in [5.74, 6) is 0.172. The summed E-state index contributed by atoms with van der Waals surface area (Å²) in [5.41, 5.74) is 13.3. The summed E-state index contributed by atoms with van der Waals surface area (Å²) < 4.78 is 6.11. The maximum absolute atomic E-state index is 9.30. The Morgan fingerprint density at radius 2 is 2.00 bits per heavy atom. The first-order valence-electron chi connectivity index (χ1n) is 6.49. The number of nitriles is 1. The largest absolute Gasteiger partial charge is 0.397 e. The van der Waals surface area contributed by atoms with E-state index in [9.17, 15) is 5.26 Å². The third kappa shape index (κ3) is 3.63. The van der Waals surface area contributed by atoms with Gasteiger partial charge in [0.25, 0.3) is 0 Å². The Morgan fingerprint density at radius 3 is 2.48 bits per heavy atom. The predicted molar refractivity (Wildman–Crippen MR) is 86.3 cm³/mol. The van der Waals surface area contributed by atoms with E-state index in [-0.39, 0.29) is 16.8 Å². The van der Waals surface area contributed by atoms with Crippen LogP contribution >= 0.6 is 15.9 Å². The second kappa shape index (κ2) is 6.29. The molecule has 0 radical (unpaired) electrons. The lowest BCUT2D eigenvalue weighted by Crippen LogP contribution is -2.42. The molecule has 1 aliphatic heterocycles. The molecule has 6 heteroatoms. The molecule has 0 spiro atoms. The second-order valence-corrected chi connectivity index (χ2v) is 6.33. The molecular formula is C15H17BrN4O. The van der Waals surface area contributed by atoms with E-state index in [1.807, 2.05) is 30.3 Å². The first-order chi connectivity index (χ1) is 9.95. The summed E-state index contributed by atoms with van der Waals surface area (Å²) >= 11 is 3.36. The molecule has 1 fully saturated rings. The van der Waals surface area contributed by atoms with Crippen LogP contribution in [0.2, 0.25) is 0 Å². The van der Waals surface area contributed by atoms with Crippen LogP contribution in [0.4, 0.5) is 0 Å². The third-order valence-electron chi connectivity index (χ3n) is 3.32. The zero-order valence-corrected chi connectivity index (χ0v) is 13.4. The predicted octanol–water partition coefficient (Wildman–Crippen LogP) is 2.04. The summed E-state index contributed by atoms with van der Waals surface area (Å²) in [6, 6.07) is 9.41. The molecule has 0 aromatic heterocycles. The highest BCUT2D eigenvalue weighted by Gasteiger charge is 2.33. The highest BCUT2D eigenvalue weighted by Crippen LogP contribution is 2.26. The van der Waals surface area contributed by atoms with Gasteiger partial charge in [0.1, 0.15) is 17.5 Å². The molecule has 110 valence electrons. The van der Waals surface area contributed by atoms with Crippen LogP contribution in [0.25, 0.3) is 5.70 Å². The molecule has 4 N–H and O–H groups in total. The van der Waals surface area contributed by atoms with Gasteiger partial charge in [-0.25, -0.2) is 0 Å². The van der Waals surface area contributed by atoms with Gasteiger partial charge in [-0.1, -0.05) is 35.0 Å². The van der Waals surface area contributed by atoms with E-state index in [2.05, 4.69) is 27.8 Å². The fraction of sp³-hybridized carbons (Fsp3) is 0.333. The average Bonchev–Trinajstić information content (AvgIpc) is 2.44. The zero-order valence-electron chi connectivity index (χ0n) is 11.8. The molecule has 0 bridgehead atoms. The normalized spacial score (nSPS) is 18.4. The van der Waals surface area contributed by atoms with Gasteiger partial charge in [-0.15, -0.1) is 0 Å². The number of ether oxygens (including phenoxy) is 1. The molecule has 0 atom stereocenters. The number of nitrogens with two attached hydrogens (primary N) is 2. The fourth-order valence-corrected chi connectivity index (χ4v) is 2.19. The van der Waals surface area contributed by atoms with Crippen molar-refractivity contribution in [2.75, 3.05) is 19.8 Å². The van der Waals surface area contributed by atoms with E-state index in [1.54, 1.807) is 0 Å². The molecule has 1 saturated heterocycles. The first kappa shape index (κ1) is 15.5. The Morgan fingerprint density at radius 1 is 1.38 bits per heavy atom. The monoisotopic (exact) mass is 348 g/mol. The van der Waals surface area contributed by atoms with E-state index < -0.39 is 0 Å². The quantitative estimate of drug-likeness (QED) is 0.494. The topological polar surface area (TPSA) is 97.4 Å². The molecule has 21 heavy (non-hydrogen) atoms. The minimum Gasteiger partial charge on any atom is -0.397 e. The lowest BCUT2D eigenvalue weighted by atomic mass is 9.89. The Balaban J connectivity index is 2.24. The van der Waals surface area contributed by atoms with Crippen molar-refractivity contribution in [1.82, 2.24) is 0 Å². The number of aliphatic imine (C=N–C) groups is 1. The Kier molecular flexibility index (Phi) is 4.66. The second-order valence-electron chi connectivity index (χ2n) is 5.41. The van der Waals surface area contributed by atoms with Crippen molar-refractivity contribution in [3.8, 4) is 6.07 Å². The van der Waals surface area contributed by atoms with Crippen LogP contribution in [0.15, 0.2) is 39.3 Å². The van der Waals surface area contributed by atoms with Gasteiger partial charge in [0.05, 0.1) is 25.5 Å². The number of rotatable bonds is 4. The van der Waals surface area contributed by atoms with Crippen molar-refractivity contribution < 1.29 is 4.74 Å². The maximum atomic E-state index is 9.30. The lowest BCUT2D eigenvalue weighted by molar-refractivity contribution is -0.0944. The van der Waals surface area contributed by atoms with Gasteiger partial charge in [-0.3, -0.25) is 4.99 Å². The van der Waals surface area contributed by atoms with E-state index in [0.29, 0.717) is 25.5 Å². The van der Waals surface area contributed by atoms with Crippen molar-refractivity contribution in [2.24, 2.45) is 21.9 Å². The molecule has 1 aliphatic rings. The van der Waals surface area contributed by atoms with Crippen LogP contribution in [-0.4, -0.2) is 25.6 Å². The van der Waals surface area contributed by atoms with E-state index in [4.69, 9.17) is 16.2 Å². The van der Waals surface area contributed by atoms with Gasteiger partial charge >= 0.3 is 0 Å². The molecule has 1 heterocycles. The first-order valence-corrected chi connectivity index (χ1v) is 7.28. The highest BCUT2D eigenvalue weighted by atomic mass is 79.9. The number of amidine groups is 1. The molecule has 5 nitrogen and oxygen atoms in total. The van der Waals surface area contributed by atoms with Crippen molar-refractivity contribution in [2.45, 2.75) is 6.92 Å². The fourth-order valence-electron chi connectivity index (χ4n) is 1.93. The average molecular weight is 349 g/mol. The molecule has 0 aliphatic carbocycles. The summed E-state index contributed by atoms with van der Waals surface area (Å²) in [6.07, 6.45) is 0. The van der Waals surface area contributed by atoms with Gasteiger partial charge in [0, 0.05) is 9.89 Å². The Labute approximate surface area is 132 Å².